The molecule has 5 heteroatoms. The van der Waals surface area contributed by atoms with Crippen LogP contribution in [0.4, 0.5) is 8.78 Å². The van der Waals surface area contributed by atoms with Gasteiger partial charge in [0, 0.05) is 25.6 Å². The van der Waals surface area contributed by atoms with Gasteiger partial charge in [-0.15, -0.1) is 0 Å². The molecule has 0 aliphatic carbocycles. The Morgan fingerprint density at radius 1 is 1.35 bits per heavy atom. The van der Waals surface area contributed by atoms with Crippen molar-refractivity contribution in [1.29, 1.82) is 0 Å². The van der Waals surface area contributed by atoms with Crippen molar-refractivity contribution in [2.24, 2.45) is 5.73 Å². The van der Waals surface area contributed by atoms with Gasteiger partial charge in [-0.05, 0) is 19.1 Å². The van der Waals surface area contributed by atoms with E-state index in [0.717, 1.165) is 12.1 Å². The fourth-order valence-corrected chi connectivity index (χ4v) is 1.40. The minimum Gasteiger partial charge on any atom is -0.490 e. The summed E-state index contributed by atoms with van der Waals surface area (Å²) in [4.78, 5) is 0. The van der Waals surface area contributed by atoms with Gasteiger partial charge in [0.2, 0.25) is 0 Å². The summed E-state index contributed by atoms with van der Waals surface area (Å²) < 4.78 is 36.3. The third-order valence-corrected chi connectivity index (χ3v) is 2.26. The van der Waals surface area contributed by atoms with Crippen molar-refractivity contribution in [2.75, 3.05) is 19.8 Å². The predicted octanol–water partition coefficient (Wildman–Crippen LogP) is 2.10. The van der Waals surface area contributed by atoms with E-state index >= 15 is 0 Å². The van der Waals surface area contributed by atoms with Gasteiger partial charge >= 0.3 is 0 Å². The Bertz CT molecular complexity index is 347. The molecule has 0 fully saturated rings. The van der Waals surface area contributed by atoms with Crippen LogP contribution in [0.25, 0.3) is 0 Å². The average molecular weight is 245 g/mol. The maximum Gasteiger partial charge on any atom is 0.167 e. The lowest BCUT2D eigenvalue weighted by atomic mass is 10.2. The van der Waals surface area contributed by atoms with Gasteiger partial charge in [-0.2, -0.15) is 0 Å². The Kier molecular flexibility index (Phi) is 5.86. The van der Waals surface area contributed by atoms with Gasteiger partial charge in [0.1, 0.15) is 5.82 Å². The van der Waals surface area contributed by atoms with Gasteiger partial charge in [-0.1, -0.05) is 0 Å². The van der Waals surface area contributed by atoms with E-state index in [-0.39, 0.29) is 18.5 Å². The topological polar surface area (TPSA) is 44.5 Å². The van der Waals surface area contributed by atoms with Gasteiger partial charge < -0.3 is 15.2 Å². The molecule has 0 saturated heterocycles. The fraction of sp³-hybridized carbons (Fsp3) is 0.500. The molecule has 0 saturated carbocycles. The zero-order valence-electron chi connectivity index (χ0n) is 9.79. The first-order chi connectivity index (χ1) is 8.17. The minimum atomic E-state index is -0.703. The molecule has 1 rings (SSSR count). The summed E-state index contributed by atoms with van der Waals surface area (Å²) in [7, 11) is 0. The van der Waals surface area contributed by atoms with Crippen LogP contribution in [-0.2, 0) is 4.74 Å². The molecule has 2 N–H and O–H groups in total. The number of hydrogen-bond acceptors (Lipinski definition) is 3. The number of benzene rings is 1. The number of ether oxygens (including phenoxy) is 2. The standard InChI is InChI=1S/C12H17F2NO2/c1-2-16-10(8-15)5-6-17-12-4-3-9(13)7-11(12)14/h3-4,7,10H,2,5-6,8,15H2,1H3. The second-order valence-corrected chi connectivity index (χ2v) is 3.52. The molecule has 1 aromatic rings. The van der Waals surface area contributed by atoms with E-state index in [4.69, 9.17) is 15.2 Å². The molecule has 3 nitrogen and oxygen atoms in total. The van der Waals surface area contributed by atoms with Crippen LogP contribution in [0.1, 0.15) is 13.3 Å². The minimum absolute atomic E-state index is 0.0404. The molecule has 0 spiro atoms. The fourth-order valence-electron chi connectivity index (χ4n) is 1.40. The highest BCUT2D eigenvalue weighted by molar-refractivity contribution is 5.24. The van der Waals surface area contributed by atoms with Crippen molar-refractivity contribution in [3.63, 3.8) is 0 Å². The zero-order valence-corrected chi connectivity index (χ0v) is 9.79. The second-order valence-electron chi connectivity index (χ2n) is 3.52. The molecule has 0 heterocycles. The third kappa shape index (κ3) is 4.66. The van der Waals surface area contributed by atoms with Gasteiger partial charge in [0.05, 0.1) is 12.7 Å². The van der Waals surface area contributed by atoms with Crippen LogP contribution < -0.4 is 10.5 Å². The lowest BCUT2D eigenvalue weighted by Crippen LogP contribution is -2.25. The average Bonchev–Trinajstić information content (AvgIpc) is 2.30. The maximum absolute atomic E-state index is 13.2. The van der Waals surface area contributed by atoms with E-state index in [2.05, 4.69) is 0 Å². The first-order valence-corrected chi connectivity index (χ1v) is 5.57. The van der Waals surface area contributed by atoms with Crippen molar-refractivity contribution < 1.29 is 18.3 Å². The summed E-state index contributed by atoms with van der Waals surface area (Å²) >= 11 is 0. The van der Waals surface area contributed by atoms with E-state index < -0.39 is 11.6 Å². The highest BCUT2D eigenvalue weighted by Crippen LogP contribution is 2.17. The number of hydrogen-bond donors (Lipinski definition) is 1. The Morgan fingerprint density at radius 2 is 2.12 bits per heavy atom. The largest absolute Gasteiger partial charge is 0.490 e. The van der Waals surface area contributed by atoms with Crippen LogP contribution >= 0.6 is 0 Å². The van der Waals surface area contributed by atoms with Gasteiger partial charge in [-0.3, -0.25) is 0 Å². The van der Waals surface area contributed by atoms with Crippen LogP contribution in [0.5, 0.6) is 5.75 Å². The van der Waals surface area contributed by atoms with E-state index in [0.29, 0.717) is 19.6 Å². The Morgan fingerprint density at radius 3 is 2.71 bits per heavy atom. The molecule has 0 aliphatic rings. The summed E-state index contributed by atoms with van der Waals surface area (Å²) in [6.07, 6.45) is 0.477. The molecule has 0 bridgehead atoms. The SMILES string of the molecule is CCOC(CN)CCOc1ccc(F)cc1F. The summed E-state index contributed by atoms with van der Waals surface area (Å²) in [5.41, 5.74) is 5.48. The third-order valence-electron chi connectivity index (χ3n) is 2.26. The predicted molar refractivity (Wildman–Crippen MR) is 60.9 cm³/mol. The van der Waals surface area contributed by atoms with Crippen LogP contribution in [0.2, 0.25) is 0 Å². The smallest absolute Gasteiger partial charge is 0.167 e. The van der Waals surface area contributed by atoms with E-state index in [1.807, 2.05) is 6.92 Å². The zero-order chi connectivity index (χ0) is 12.7. The quantitative estimate of drug-likeness (QED) is 0.800. The number of rotatable bonds is 7. The molecule has 1 unspecified atom stereocenters. The first-order valence-electron chi connectivity index (χ1n) is 5.57. The summed E-state index contributed by atoms with van der Waals surface area (Å²) in [6.45, 7) is 3.13. The number of halogens is 2. The molecule has 17 heavy (non-hydrogen) atoms. The molecule has 1 aromatic carbocycles. The monoisotopic (exact) mass is 245 g/mol. The van der Waals surface area contributed by atoms with Crippen molar-refractivity contribution in [2.45, 2.75) is 19.4 Å². The number of nitrogens with two attached hydrogens (primary N) is 1. The summed E-state index contributed by atoms with van der Waals surface area (Å²) in [6, 6.07) is 3.21. The Balaban J connectivity index is 2.39. The van der Waals surface area contributed by atoms with E-state index in [9.17, 15) is 8.78 Å². The lowest BCUT2D eigenvalue weighted by Gasteiger charge is -2.15. The molecule has 0 aliphatic heterocycles. The molecule has 0 aromatic heterocycles. The summed E-state index contributed by atoms with van der Waals surface area (Å²) in [5.74, 6) is -1.28. The van der Waals surface area contributed by atoms with Crippen molar-refractivity contribution in [3.8, 4) is 5.75 Å². The van der Waals surface area contributed by atoms with E-state index in [1.165, 1.54) is 6.07 Å². The second kappa shape index (κ2) is 7.19. The Labute approximate surface area is 99.5 Å². The van der Waals surface area contributed by atoms with Crippen LogP contribution in [0.3, 0.4) is 0 Å². The van der Waals surface area contributed by atoms with Crippen molar-refractivity contribution >= 4 is 0 Å². The van der Waals surface area contributed by atoms with E-state index in [1.54, 1.807) is 0 Å². The van der Waals surface area contributed by atoms with Crippen molar-refractivity contribution in [1.82, 2.24) is 0 Å². The van der Waals surface area contributed by atoms with Crippen molar-refractivity contribution in [3.05, 3.63) is 29.8 Å². The lowest BCUT2D eigenvalue weighted by molar-refractivity contribution is 0.0523. The van der Waals surface area contributed by atoms with Gasteiger partial charge in [-0.25, -0.2) is 8.78 Å². The Hall–Kier alpha value is -1.20. The molecular weight excluding hydrogens is 228 g/mol. The molecular formula is C12H17F2NO2. The normalized spacial score (nSPS) is 12.5. The molecule has 96 valence electrons. The highest BCUT2D eigenvalue weighted by Gasteiger charge is 2.08. The molecule has 0 radical (unpaired) electrons. The van der Waals surface area contributed by atoms with Crippen LogP contribution in [0.15, 0.2) is 18.2 Å². The molecule has 1 atom stereocenters. The molecule has 0 amide bonds. The highest BCUT2D eigenvalue weighted by atomic mass is 19.1. The van der Waals surface area contributed by atoms with Gasteiger partial charge in [0.25, 0.3) is 0 Å². The van der Waals surface area contributed by atoms with Crippen LogP contribution in [-0.4, -0.2) is 25.9 Å². The summed E-state index contributed by atoms with van der Waals surface area (Å²) in [5, 5.41) is 0. The maximum atomic E-state index is 13.2. The van der Waals surface area contributed by atoms with Crippen LogP contribution in [0, 0.1) is 11.6 Å². The first kappa shape index (κ1) is 13.9. The van der Waals surface area contributed by atoms with Gasteiger partial charge in [0.15, 0.2) is 11.6 Å².